The fourth-order valence-electron chi connectivity index (χ4n) is 2.22. The Morgan fingerprint density at radius 3 is 2.65 bits per heavy atom. The first kappa shape index (κ1) is 12.4. The van der Waals surface area contributed by atoms with Gasteiger partial charge >= 0.3 is 0 Å². The van der Waals surface area contributed by atoms with E-state index in [0.717, 1.165) is 16.3 Å². The van der Waals surface area contributed by atoms with Gasteiger partial charge in [0.2, 0.25) is 5.82 Å². The van der Waals surface area contributed by atoms with E-state index in [9.17, 15) is 5.11 Å². The first-order chi connectivity index (χ1) is 9.79. The Bertz CT molecular complexity index is 725. The van der Waals surface area contributed by atoms with Crippen LogP contribution >= 0.6 is 0 Å². The average Bonchev–Trinajstić information content (AvgIpc) is 3.02. The van der Waals surface area contributed by atoms with Crippen molar-refractivity contribution in [2.75, 3.05) is 0 Å². The van der Waals surface area contributed by atoms with E-state index in [2.05, 4.69) is 32.3 Å². The second kappa shape index (κ2) is 5.18. The number of aromatic nitrogens is 4. The summed E-state index contributed by atoms with van der Waals surface area (Å²) in [7, 11) is 0. The molecular formula is C14H13N5O. The minimum absolute atomic E-state index is 0.204. The molecule has 0 saturated heterocycles. The van der Waals surface area contributed by atoms with Gasteiger partial charge in [-0.05, 0) is 29.1 Å². The Morgan fingerprint density at radius 1 is 1.15 bits per heavy atom. The summed E-state index contributed by atoms with van der Waals surface area (Å²) in [5.74, 6) is 0.204. The zero-order valence-electron chi connectivity index (χ0n) is 10.6. The van der Waals surface area contributed by atoms with E-state index in [4.69, 9.17) is 0 Å². The van der Waals surface area contributed by atoms with E-state index in [-0.39, 0.29) is 5.82 Å². The third-order valence-corrected chi connectivity index (χ3v) is 3.24. The summed E-state index contributed by atoms with van der Waals surface area (Å²) in [6, 6.07) is 13.4. The second-order valence-corrected chi connectivity index (χ2v) is 4.45. The van der Waals surface area contributed by atoms with E-state index in [0.29, 0.717) is 0 Å². The van der Waals surface area contributed by atoms with Crippen molar-refractivity contribution in [3.63, 3.8) is 0 Å². The number of H-pyrrole nitrogens is 1. The highest BCUT2D eigenvalue weighted by molar-refractivity contribution is 5.83. The number of benzene rings is 2. The third-order valence-electron chi connectivity index (χ3n) is 3.24. The molecule has 6 heteroatoms. The van der Waals surface area contributed by atoms with Crippen LogP contribution in [0.4, 0.5) is 0 Å². The van der Waals surface area contributed by atoms with Crippen LogP contribution in [-0.4, -0.2) is 32.4 Å². The lowest BCUT2D eigenvalue weighted by Gasteiger charge is -2.16. The minimum atomic E-state index is -0.979. The maximum absolute atomic E-state index is 10.3. The van der Waals surface area contributed by atoms with Crippen molar-refractivity contribution in [2.24, 2.45) is 4.99 Å². The lowest BCUT2D eigenvalue weighted by Crippen LogP contribution is -2.10. The summed E-state index contributed by atoms with van der Waals surface area (Å²) in [4.78, 5) is 4.00. The predicted octanol–water partition coefficient (Wildman–Crippen LogP) is 1.83. The van der Waals surface area contributed by atoms with E-state index in [1.807, 2.05) is 42.5 Å². The molecule has 100 valence electrons. The van der Waals surface area contributed by atoms with Gasteiger partial charge in [-0.25, -0.2) is 0 Å². The molecule has 20 heavy (non-hydrogen) atoms. The van der Waals surface area contributed by atoms with Gasteiger partial charge in [0.25, 0.3) is 0 Å². The maximum Gasteiger partial charge on any atom is 0.205 e. The van der Waals surface area contributed by atoms with Gasteiger partial charge in [-0.2, -0.15) is 5.21 Å². The van der Waals surface area contributed by atoms with Crippen molar-refractivity contribution in [2.45, 2.75) is 12.1 Å². The standard InChI is InChI=1S/C14H13N5O/c1-15-12(13(20)14-16-18-19-17-14)11-7-6-9-4-2-3-5-10(9)8-11/h2-8,12-13,20H,1H2,(H,16,17,18,19)/t12-,13+/m0/s1. The highest BCUT2D eigenvalue weighted by Crippen LogP contribution is 2.31. The van der Waals surface area contributed by atoms with E-state index in [1.54, 1.807) is 0 Å². The molecule has 3 rings (SSSR count). The van der Waals surface area contributed by atoms with Crippen LogP contribution in [0.15, 0.2) is 47.5 Å². The van der Waals surface area contributed by atoms with Gasteiger partial charge in [-0.1, -0.05) is 41.6 Å². The number of aromatic amines is 1. The Morgan fingerprint density at radius 2 is 1.95 bits per heavy atom. The topological polar surface area (TPSA) is 87.0 Å². The molecule has 0 saturated carbocycles. The number of hydrogen-bond donors (Lipinski definition) is 2. The SMILES string of the molecule is C=N[C@@H](c1ccc2ccccc2c1)[C@@H](O)c1nn[nH]n1. The summed E-state index contributed by atoms with van der Waals surface area (Å²) in [6.07, 6.45) is -0.979. The summed E-state index contributed by atoms with van der Waals surface area (Å²) < 4.78 is 0. The molecule has 6 nitrogen and oxygen atoms in total. The fraction of sp³-hybridized carbons (Fsp3) is 0.143. The van der Waals surface area contributed by atoms with Crippen molar-refractivity contribution < 1.29 is 5.11 Å². The Kier molecular flexibility index (Phi) is 3.22. The number of aliphatic imine (C=N–C) groups is 1. The number of tetrazole rings is 1. The quantitative estimate of drug-likeness (QED) is 0.706. The predicted molar refractivity (Wildman–Crippen MR) is 75.4 cm³/mol. The lowest BCUT2D eigenvalue weighted by molar-refractivity contribution is 0.139. The summed E-state index contributed by atoms with van der Waals surface area (Å²) >= 11 is 0. The van der Waals surface area contributed by atoms with Gasteiger partial charge in [-0.15, -0.1) is 10.2 Å². The number of rotatable bonds is 4. The molecule has 0 aliphatic heterocycles. The molecule has 1 aromatic heterocycles. The molecule has 0 fully saturated rings. The van der Waals surface area contributed by atoms with Gasteiger partial charge < -0.3 is 5.11 Å². The van der Waals surface area contributed by atoms with E-state index < -0.39 is 12.1 Å². The number of aliphatic hydroxyl groups is 1. The minimum Gasteiger partial charge on any atom is -0.382 e. The summed E-state index contributed by atoms with van der Waals surface area (Å²) in [5, 5.41) is 25.8. The van der Waals surface area contributed by atoms with Gasteiger partial charge in [0.05, 0.1) is 0 Å². The molecule has 0 aliphatic rings. The number of hydrogen-bond acceptors (Lipinski definition) is 5. The van der Waals surface area contributed by atoms with Crippen LogP contribution in [0.3, 0.4) is 0 Å². The number of nitrogens with one attached hydrogen (secondary N) is 1. The van der Waals surface area contributed by atoms with Gasteiger partial charge in [0, 0.05) is 0 Å². The molecule has 0 spiro atoms. The van der Waals surface area contributed by atoms with Crippen LogP contribution in [-0.2, 0) is 0 Å². The molecule has 2 aromatic carbocycles. The molecule has 3 aromatic rings. The highest BCUT2D eigenvalue weighted by atomic mass is 16.3. The second-order valence-electron chi connectivity index (χ2n) is 4.45. The number of fused-ring (bicyclic) bond motifs is 1. The maximum atomic E-state index is 10.3. The van der Waals surface area contributed by atoms with Crippen LogP contribution in [0.25, 0.3) is 10.8 Å². The molecule has 0 aliphatic carbocycles. The van der Waals surface area contributed by atoms with Crippen LogP contribution in [0.5, 0.6) is 0 Å². The molecule has 2 atom stereocenters. The largest absolute Gasteiger partial charge is 0.382 e. The Hall–Kier alpha value is -2.60. The van der Waals surface area contributed by atoms with Gasteiger partial charge in [0.1, 0.15) is 12.1 Å². The normalized spacial score (nSPS) is 14.1. The Labute approximate surface area is 115 Å². The molecule has 0 radical (unpaired) electrons. The summed E-state index contributed by atoms with van der Waals surface area (Å²) in [5.41, 5.74) is 0.857. The highest BCUT2D eigenvalue weighted by Gasteiger charge is 2.25. The zero-order chi connectivity index (χ0) is 13.9. The monoisotopic (exact) mass is 267 g/mol. The van der Waals surface area contributed by atoms with Crippen molar-refractivity contribution in [1.29, 1.82) is 0 Å². The van der Waals surface area contributed by atoms with E-state index >= 15 is 0 Å². The van der Waals surface area contributed by atoms with Crippen LogP contribution < -0.4 is 0 Å². The van der Waals surface area contributed by atoms with Crippen molar-refractivity contribution in [1.82, 2.24) is 20.6 Å². The zero-order valence-corrected chi connectivity index (χ0v) is 10.6. The Balaban J connectivity index is 2.00. The van der Waals surface area contributed by atoms with E-state index in [1.165, 1.54) is 0 Å². The number of nitrogens with zero attached hydrogens (tertiary/aromatic N) is 4. The molecular weight excluding hydrogens is 254 g/mol. The smallest absolute Gasteiger partial charge is 0.205 e. The average molecular weight is 267 g/mol. The van der Waals surface area contributed by atoms with Crippen molar-refractivity contribution >= 4 is 17.5 Å². The first-order valence-corrected chi connectivity index (χ1v) is 6.15. The number of aliphatic hydroxyl groups excluding tert-OH is 1. The van der Waals surface area contributed by atoms with Crippen molar-refractivity contribution in [3.05, 3.63) is 53.9 Å². The van der Waals surface area contributed by atoms with Crippen LogP contribution in [0, 0.1) is 0 Å². The summed E-state index contributed by atoms with van der Waals surface area (Å²) in [6.45, 7) is 3.55. The molecule has 0 amide bonds. The lowest BCUT2D eigenvalue weighted by atomic mass is 9.98. The first-order valence-electron chi connectivity index (χ1n) is 6.15. The molecule has 0 unspecified atom stereocenters. The van der Waals surface area contributed by atoms with Gasteiger partial charge in [0.15, 0.2) is 0 Å². The van der Waals surface area contributed by atoms with Gasteiger partial charge in [-0.3, -0.25) is 4.99 Å². The molecule has 1 heterocycles. The molecule has 0 bridgehead atoms. The fourth-order valence-corrected chi connectivity index (χ4v) is 2.22. The van der Waals surface area contributed by atoms with Crippen molar-refractivity contribution in [3.8, 4) is 0 Å². The van der Waals surface area contributed by atoms with Crippen LogP contribution in [0.2, 0.25) is 0 Å². The van der Waals surface area contributed by atoms with Crippen LogP contribution in [0.1, 0.15) is 23.5 Å². The third kappa shape index (κ3) is 2.17. The molecule has 2 N–H and O–H groups in total.